The van der Waals surface area contributed by atoms with Crippen LogP contribution in [0.2, 0.25) is 0 Å². The molecule has 1 rings (SSSR count). The van der Waals surface area contributed by atoms with E-state index in [4.69, 9.17) is 22.7 Å². The van der Waals surface area contributed by atoms with Crippen molar-refractivity contribution in [1.82, 2.24) is 4.90 Å². The normalized spacial score (nSPS) is 12.5. The molecule has 3 nitrogen and oxygen atoms in total. The maximum absolute atomic E-state index is 5.67. The molecule has 1 unspecified atom stereocenters. The number of hydrogen-bond donors (Lipinski definition) is 1. The number of thiocarbonyl (C=S) groups is 1. The molecule has 0 saturated carbocycles. The van der Waals surface area contributed by atoms with Gasteiger partial charge in [-0.25, -0.2) is 0 Å². The van der Waals surface area contributed by atoms with Gasteiger partial charge in [0.05, 0.1) is 12.7 Å². The van der Waals surface area contributed by atoms with Gasteiger partial charge < -0.3 is 10.5 Å². The standard InChI is InChI=1S/C15H24N2OS/c1-5-6-11(2)17(3)10-12-7-8-13(15(16)19)14(9-12)18-4/h7-9,11H,5-6,10H2,1-4H3,(H2,16,19). The number of ether oxygens (including phenoxy) is 1. The molecule has 0 aliphatic carbocycles. The number of hydrogen-bond acceptors (Lipinski definition) is 3. The highest BCUT2D eigenvalue weighted by Crippen LogP contribution is 2.21. The molecule has 2 N–H and O–H groups in total. The second kappa shape index (κ2) is 7.46. The van der Waals surface area contributed by atoms with Crippen molar-refractivity contribution in [3.05, 3.63) is 29.3 Å². The quantitative estimate of drug-likeness (QED) is 0.779. The first-order valence-electron chi connectivity index (χ1n) is 6.66. The van der Waals surface area contributed by atoms with Crippen LogP contribution in [0.4, 0.5) is 0 Å². The summed E-state index contributed by atoms with van der Waals surface area (Å²) in [4.78, 5) is 2.72. The molecular formula is C15H24N2OS. The van der Waals surface area contributed by atoms with Crippen LogP contribution < -0.4 is 10.5 Å². The van der Waals surface area contributed by atoms with E-state index in [1.807, 2.05) is 12.1 Å². The Bertz CT molecular complexity index is 434. The van der Waals surface area contributed by atoms with E-state index in [0.29, 0.717) is 11.0 Å². The number of nitrogens with zero attached hydrogens (tertiary/aromatic N) is 1. The number of rotatable bonds is 7. The Morgan fingerprint density at radius 3 is 2.68 bits per heavy atom. The Labute approximate surface area is 121 Å². The summed E-state index contributed by atoms with van der Waals surface area (Å²) in [6.07, 6.45) is 2.41. The molecule has 0 radical (unpaired) electrons. The summed E-state index contributed by atoms with van der Waals surface area (Å²) in [5.41, 5.74) is 7.68. The van der Waals surface area contributed by atoms with Crippen molar-refractivity contribution in [2.75, 3.05) is 14.2 Å². The third-order valence-electron chi connectivity index (χ3n) is 3.42. The fourth-order valence-corrected chi connectivity index (χ4v) is 2.29. The lowest BCUT2D eigenvalue weighted by molar-refractivity contribution is 0.236. The summed E-state index contributed by atoms with van der Waals surface area (Å²) in [5.74, 6) is 0.751. The monoisotopic (exact) mass is 280 g/mol. The molecule has 1 aromatic carbocycles. The van der Waals surface area contributed by atoms with Crippen molar-refractivity contribution in [1.29, 1.82) is 0 Å². The van der Waals surface area contributed by atoms with E-state index in [-0.39, 0.29) is 0 Å². The first-order valence-corrected chi connectivity index (χ1v) is 7.07. The number of benzene rings is 1. The molecule has 0 aliphatic rings. The molecular weight excluding hydrogens is 256 g/mol. The molecule has 4 heteroatoms. The smallest absolute Gasteiger partial charge is 0.129 e. The van der Waals surface area contributed by atoms with Crippen LogP contribution in [0.15, 0.2) is 18.2 Å². The van der Waals surface area contributed by atoms with Gasteiger partial charge in [-0.3, -0.25) is 4.90 Å². The van der Waals surface area contributed by atoms with Crippen LogP contribution in [-0.2, 0) is 6.54 Å². The lowest BCUT2D eigenvalue weighted by Crippen LogP contribution is -2.28. The fraction of sp³-hybridized carbons (Fsp3) is 0.533. The van der Waals surface area contributed by atoms with Crippen LogP contribution in [0.3, 0.4) is 0 Å². The van der Waals surface area contributed by atoms with E-state index in [9.17, 15) is 0 Å². The fourth-order valence-electron chi connectivity index (χ4n) is 2.12. The van der Waals surface area contributed by atoms with Gasteiger partial charge in [0.1, 0.15) is 10.7 Å². The van der Waals surface area contributed by atoms with E-state index < -0.39 is 0 Å². The first kappa shape index (κ1) is 15.9. The zero-order valence-corrected chi connectivity index (χ0v) is 13.1. The molecule has 0 fully saturated rings. The van der Waals surface area contributed by atoms with Gasteiger partial charge in [0.2, 0.25) is 0 Å². The molecule has 1 atom stereocenters. The minimum Gasteiger partial charge on any atom is -0.496 e. The van der Waals surface area contributed by atoms with E-state index in [1.54, 1.807) is 7.11 Å². The summed E-state index contributed by atoms with van der Waals surface area (Å²) < 4.78 is 5.35. The van der Waals surface area contributed by atoms with E-state index >= 15 is 0 Å². The molecule has 0 saturated heterocycles. The lowest BCUT2D eigenvalue weighted by atomic mass is 10.1. The van der Waals surface area contributed by atoms with Gasteiger partial charge in [-0.2, -0.15) is 0 Å². The summed E-state index contributed by atoms with van der Waals surface area (Å²) >= 11 is 5.01. The van der Waals surface area contributed by atoms with Crippen molar-refractivity contribution >= 4 is 17.2 Å². The minimum absolute atomic E-state index is 0.371. The zero-order valence-electron chi connectivity index (χ0n) is 12.3. The van der Waals surface area contributed by atoms with Crippen LogP contribution in [0.5, 0.6) is 5.75 Å². The molecule has 0 aromatic heterocycles. The maximum Gasteiger partial charge on any atom is 0.129 e. The van der Waals surface area contributed by atoms with Gasteiger partial charge in [0, 0.05) is 12.6 Å². The lowest BCUT2D eigenvalue weighted by Gasteiger charge is -2.24. The minimum atomic E-state index is 0.371. The van der Waals surface area contributed by atoms with Gasteiger partial charge >= 0.3 is 0 Å². The summed E-state index contributed by atoms with van der Waals surface area (Å²) in [5, 5.41) is 0. The largest absolute Gasteiger partial charge is 0.496 e. The van der Waals surface area contributed by atoms with Crippen LogP contribution >= 0.6 is 12.2 Å². The highest BCUT2D eigenvalue weighted by atomic mass is 32.1. The van der Waals surface area contributed by atoms with Gasteiger partial charge in [0.25, 0.3) is 0 Å². The Kier molecular flexibility index (Phi) is 6.25. The Morgan fingerprint density at radius 1 is 1.47 bits per heavy atom. The molecule has 1 aromatic rings. The predicted octanol–water partition coefficient (Wildman–Crippen LogP) is 2.95. The molecule has 106 valence electrons. The van der Waals surface area contributed by atoms with Crippen molar-refractivity contribution in [2.45, 2.75) is 39.3 Å². The van der Waals surface area contributed by atoms with Gasteiger partial charge in [0.15, 0.2) is 0 Å². The van der Waals surface area contributed by atoms with Gasteiger partial charge in [-0.05, 0) is 38.1 Å². The molecule has 0 aliphatic heterocycles. The average Bonchev–Trinajstić information content (AvgIpc) is 2.38. The average molecular weight is 280 g/mol. The van der Waals surface area contributed by atoms with Crippen LogP contribution in [0.25, 0.3) is 0 Å². The topological polar surface area (TPSA) is 38.5 Å². The Morgan fingerprint density at radius 2 is 2.16 bits per heavy atom. The SMILES string of the molecule is CCCC(C)N(C)Cc1ccc(C(N)=S)c(OC)c1. The van der Waals surface area contributed by atoms with Crippen LogP contribution in [0, 0.1) is 0 Å². The number of methoxy groups -OCH3 is 1. The van der Waals surface area contributed by atoms with E-state index in [2.05, 4.69) is 31.9 Å². The van der Waals surface area contributed by atoms with E-state index in [0.717, 1.165) is 17.9 Å². The first-order chi connectivity index (χ1) is 8.99. The van der Waals surface area contributed by atoms with Crippen LogP contribution in [0.1, 0.15) is 37.8 Å². The molecule has 0 heterocycles. The summed E-state index contributed by atoms with van der Waals surface area (Å²) in [6.45, 7) is 5.36. The molecule has 0 amide bonds. The predicted molar refractivity (Wildman–Crippen MR) is 84.7 cm³/mol. The third-order valence-corrected chi connectivity index (χ3v) is 3.64. The second-order valence-electron chi connectivity index (χ2n) is 4.95. The summed E-state index contributed by atoms with van der Waals surface area (Å²) in [6, 6.07) is 6.59. The highest BCUT2D eigenvalue weighted by molar-refractivity contribution is 7.80. The second-order valence-corrected chi connectivity index (χ2v) is 5.39. The van der Waals surface area contributed by atoms with Crippen molar-refractivity contribution in [3.8, 4) is 5.75 Å². The maximum atomic E-state index is 5.67. The van der Waals surface area contributed by atoms with E-state index in [1.165, 1.54) is 18.4 Å². The zero-order chi connectivity index (χ0) is 14.4. The Hall–Kier alpha value is -1.13. The van der Waals surface area contributed by atoms with Crippen LogP contribution in [-0.4, -0.2) is 30.1 Å². The molecule has 0 bridgehead atoms. The third kappa shape index (κ3) is 4.48. The molecule has 19 heavy (non-hydrogen) atoms. The number of nitrogens with two attached hydrogens (primary N) is 1. The van der Waals surface area contributed by atoms with Gasteiger partial charge in [-0.1, -0.05) is 31.6 Å². The summed E-state index contributed by atoms with van der Waals surface area (Å²) in [7, 11) is 3.79. The van der Waals surface area contributed by atoms with Crippen molar-refractivity contribution < 1.29 is 4.74 Å². The molecule has 0 spiro atoms. The van der Waals surface area contributed by atoms with Gasteiger partial charge in [-0.15, -0.1) is 0 Å². The highest BCUT2D eigenvalue weighted by Gasteiger charge is 2.11. The Balaban J connectivity index is 2.82. The van der Waals surface area contributed by atoms with Crippen molar-refractivity contribution in [2.24, 2.45) is 5.73 Å². The van der Waals surface area contributed by atoms with Crippen molar-refractivity contribution in [3.63, 3.8) is 0 Å².